The molecule has 2 aromatic carbocycles. The molecule has 2 aliphatic rings. The Balaban J connectivity index is 1.87. The molecule has 0 heterocycles. The van der Waals surface area contributed by atoms with E-state index in [1.54, 1.807) is 18.2 Å². The molecule has 0 saturated carbocycles. The molecule has 0 fully saturated rings. The van der Waals surface area contributed by atoms with Crippen LogP contribution in [0.15, 0.2) is 36.4 Å². The highest BCUT2D eigenvalue weighted by Gasteiger charge is 2.52. The number of alkyl halides is 3. The number of aryl methyl sites for hydroxylation is 1. The predicted molar refractivity (Wildman–Crippen MR) is 91.9 cm³/mol. The maximum absolute atomic E-state index is 12.6. The Kier molecular flexibility index (Phi) is 3.78. The molecule has 1 atom stereocenters. The van der Waals surface area contributed by atoms with E-state index in [4.69, 9.17) is 0 Å². The molecular formula is C19H13F3O5S. The molecule has 2 aliphatic carbocycles. The molecule has 0 N–H and O–H groups in total. The van der Waals surface area contributed by atoms with Gasteiger partial charge in [-0.15, -0.1) is 0 Å². The Morgan fingerprint density at radius 1 is 0.929 bits per heavy atom. The Bertz CT molecular complexity index is 1150. The van der Waals surface area contributed by atoms with Crippen LogP contribution in [0.4, 0.5) is 13.2 Å². The van der Waals surface area contributed by atoms with Crippen molar-refractivity contribution in [3.63, 3.8) is 0 Å². The van der Waals surface area contributed by atoms with Gasteiger partial charge in [-0.3, -0.25) is 9.59 Å². The van der Waals surface area contributed by atoms with Crippen LogP contribution in [0, 0.1) is 6.92 Å². The van der Waals surface area contributed by atoms with Crippen LogP contribution in [-0.2, 0) is 15.5 Å². The van der Waals surface area contributed by atoms with E-state index in [1.807, 2.05) is 6.92 Å². The van der Waals surface area contributed by atoms with Gasteiger partial charge < -0.3 is 4.18 Å². The van der Waals surface area contributed by atoms with Gasteiger partial charge >= 0.3 is 15.6 Å². The molecule has 0 saturated heterocycles. The van der Waals surface area contributed by atoms with E-state index >= 15 is 0 Å². The summed E-state index contributed by atoms with van der Waals surface area (Å²) in [6.07, 6.45) is -0.0278. The van der Waals surface area contributed by atoms with Crippen molar-refractivity contribution in [1.82, 2.24) is 0 Å². The normalized spacial score (nSPS) is 21.1. The fourth-order valence-corrected chi connectivity index (χ4v) is 4.46. The molecule has 28 heavy (non-hydrogen) atoms. The van der Waals surface area contributed by atoms with E-state index in [0.29, 0.717) is 16.7 Å². The molecule has 0 bridgehead atoms. The Labute approximate surface area is 158 Å². The average molecular weight is 410 g/mol. The third kappa shape index (κ3) is 2.56. The summed E-state index contributed by atoms with van der Waals surface area (Å²) in [5.74, 6) is -0.994. The second kappa shape index (κ2) is 5.66. The van der Waals surface area contributed by atoms with Gasteiger partial charge in [0.1, 0.15) is 5.75 Å². The smallest absolute Gasteiger partial charge is 0.376 e. The van der Waals surface area contributed by atoms with Crippen molar-refractivity contribution in [2.24, 2.45) is 0 Å². The minimum absolute atomic E-state index is 0.0139. The zero-order valence-corrected chi connectivity index (χ0v) is 15.3. The summed E-state index contributed by atoms with van der Waals surface area (Å²) in [5.41, 5.74) is -4.09. The number of hydrogen-bond acceptors (Lipinski definition) is 5. The molecule has 1 unspecified atom stereocenters. The number of halogens is 3. The van der Waals surface area contributed by atoms with E-state index in [9.17, 15) is 31.2 Å². The molecule has 0 amide bonds. The maximum Gasteiger partial charge on any atom is 0.534 e. The molecule has 0 radical (unpaired) electrons. The van der Waals surface area contributed by atoms with E-state index in [-0.39, 0.29) is 30.0 Å². The van der Waals surface area contributed by atoms with Gasteiger partial charge in [-0.05, 0) is 36.2 Å². The first-order chi connectivity index (χ1) is 12.9. The van der Waals surface area contributed by atoms with Crippen LogP contribution >= 0.6 is 0 Å². The topological polar surface area (TPSA) is 77.5 Å². The lowest BCUT2D eigenvalue weighted by atomic mass is 9.76. The van der Waals surface area contributed by atoms with E-state index < -0.39 is 26.8 Å². The zero-order valence-electron chi connectivity index (χ0n) is 14.5. The van der Waals surface area contributed by atoms with Crippen molar-refractivity contribution in [1.29, 1.82) is 0 Å². The number of benzene rings is 2. The van der Waals surface area contributed by atoms with Crippen LogP contribution < -0.4 is 4.18 Å². The third-order valence-electron chi connectivity index (χ3n) is 5.21. The standard InChI is InChI=1S/C19H13F3O5S/c1-10-2-4-12-14(6-10)18(8-16(12)23)9-17(24)13-5-3-11(7-15(13)18)27-28(25,26)19(20,21)22/h2-7H,8-9H2,1H3. The van der Waals surface area contributed by atoms with Gasteiger partial charge in [-0.1, -0.05) is 23.8 Å². The van der Waals surface area contributed by atoms with Crippen molar-refractivity contribution in [3.8, 4) is 5.75 Å². The van der Waals surface area contributed by atoms with Gasteiger partial charge in [0.2, 0.25) is 0 Å². The van der Waals surface area contributed by atoms with Gasteiger partial charge in [0.25, 0.3) is 0 Å². The molecule has 4 rings (SSSR count). The van der Waals surface area contributed by atoms with E-state index in [0.717, 1.165) is 17.7 Å². The van der Waals surface area contributed by atoms with E-state index in [2.05, 4.69) is 4.18 Å². The first kappa shape index (κ1) is 18.7. The molecule has 1 spiro atoms. The molecule has 5 nitrogen and oxygen atoms in total. The molecule has 0 aliphatic heterocycles. The largest absolute Gasteiger partial charge is 0.534 e. The first-order valence-corrected chi connectivity index (χ1v) is 9.68. The summed E-state index contributed by atoms with van der Waals surface area (Å²) in [6, 6.07) is 8.58. The van der Waals surface area contributed by atoms with Gasteiger partial charge in [0.05, 0.1) is 0 Å². The van der Waals surface area contributed by atoms with Gasteiger partial charge in [-0.25, -0.2) is 0 Å². The SMILES string of the molecule is Cc1ccc2c(c1)C1(CC2=O)CC(=O)c2ccc(OS(=O)(=O)C(F)(F)F)cc21. The predicted octanol–water partition coefficient (Wildman–Crippen LogP) is 3.68. The monoisotopic (exact) mass is 410 g/mol. The molecular weight excluding hydrogens is 397 g/mol. The van der Waals surface area contributed by atoms with Crippen molar-refractivity contribution in [3.05, 3.63) is 64.2 Å². The fraction of sp³-hybridized carbons (Fsp3) is 0.263. The van der Waals surface area contributed by atoms with Crippen molar-refractivity contribution >= 4 is 21.7 Å². The van der Waals surface area contributed by atoms with E-state index in [1.165, 1.54) is 6.07 Å². The third-order valence-corrected chi connectivity index (χ3v) is 6.19. The number of rotatable bonds is 2. The fourth-order valence-electron chi connectivity index (χ4n) is 4.01. The van der Waals surface area contributed by atoms with Crippen LogP contribution in [0.2, 0.25) is 0 Å². The lowest BCUT2D eigenvalue weighted by molar-refractivity contribution is -0.0500. The van der Waals surface area contributed by atoms with Crippen LogP contribution in [0.1, 0.15) is 50.2 Å². The summed E-state index contributed by atoms with van der Waals surface area (Å²) in [5, 5.41) is 0. The van der Waals surface area contributed by atoms with Gasteiger partial charge in [-0.2, -0.15) is 21.6 Å². The quantitative estimate of drug-likeness (QED) is 0.558. The Morgan fingerprint density at radius 3 is 2.04 bits per heavy atom. The second-order valence-electron chi connectivity index (χ2n) is 7.02. The average Bonchev–Trinajstić information content (AvgIpc) is 3.01. The number of carbonyl (C=O) groups is 2. The lowest BCUT2D eigenvalue weighted by Gasteiger charge is -2.25. The van der Waals surface area contributed by atoms with Gasteiger partial charge in [0, 0.05) is 29.4 Å². The van der Waals surface area contributed by atoms with Crippen molar-refractivity contribution in [2.75, 3.05) is 0 Å². The minimum atomic E-state index is -5.85. The highest BCUT2D eigenvalue weighted by atomic mass is 32.2. The number of carbonyl (C=O) groups excluding carboxylic acids is 2. The van der Waals surface area contributed by atoms with Crippen LogP contribution in [0.3, 0.4) is 0 Å². The number of Topliss-reactive ketones (excluding diaryl/α,β-unsaturated/α-hetero) is 2. The highest BCUT2D eigenvalue weighted by Crippen LogP contribution is 2.53. The number of ketones is 2. The van der Waals surface area contributed by atoms with Crippen molar-refractivity contribution < 1.29 is 35.4 Å². The molecule has 2 aromatic rings. The maximum atomic E-state index is 12.6. The highest BCUT2D eigenvalue weighted by molar-refractivity contribution is 7.88. The zero-order chi connectivity index (χ0) is 20.5. The molecule has 9 heteroatoms. The summed E-state index contributed by atoms with van der Waals surface area (Å²) in [4.78, 5) is 25.0. The molecule has 146 valence electrons. The summed E-state index contributed by atoms with van der Waals surface area (Å²) >= 11 is 0. The van der Waals surface area contributed by atoms with Crippen LogP contribution in [-0.4, -0.2) is 25.5 Å². The Morgan fingerprint density at radius 2 is 1.46 bits per heavy atom. The summed E-state index contributed by atoms with van der Waals surface area (Å²) < 4.78 is 64.8. The van der Waals surface area contributed by atoms with Crippen LogP contribution in [0.5, 0.6) is 5.75 Å². The van der Waals surface area contributed by atoms with Crippen LogP contribution in [0.25, 0.3) is 0 Å². The summed E-state index contributed by atoms with van der Waals surface area (Å²) in [6.45, 7) is 1.82. The lowest BCUT2D eigenvalue weighted by Crippen LogP contribution is -2.28. The minimum Gasteiger partial charge on any atom is -0.376 e. The number of hydrogen-bond donors (Lipinski definition) is 0. The summed E-state index contributed by atoms with van der Waals surface area (Å²) in [7, 11) is -5.85. The first-order valence-electron chi connectivity index (χ1n) is 8.27. The second-order valence-corrected chi connectivity index (χ2v) is 8.56. The van der Waals surface area contributed by atoms with Gasteiger partial charge in [0.15, 0.2) is 11.6 Å². The number of fused-ring (bicyclic) bond motifs is 4. The molecule has 0 aromatic heterocycles. The van der Waals surface area contributed by atoms with Crippen molar-refractivity contribution in [2.45, 2.75) is 30.7 Å². The Hall–Kier alpha value is -2.68.